The molecule has 0 aromatic carbocycles. The number of rotatable bonds is 0. The molecule has 2 nitrogen and oxygen atoms in total. The topological polar surface area (TPSA) is 20.3 Å². The van der Waals surface area contributed by atoms with E-state index in [1.165, 1.54) is 6.42 Å². The molecule has 1 saturated heterocycles. The summed E-state index contributed by atoms with van der Waals surface area (Å²) in [6.45, 7) is 5.45. The van der Waals surface area contributed by atoms with E-state index in [9.17, 15) is 4.79 Å². The standard InChI is InChI=1S/C7H11NO/c1-7(9)8-5-3-2-4-6-8/h2-5H2,1H3. The summed E-state index contributed by atoms with van der Waals surface area (Å²) in [4.78, 5) is 12.3. The lowest BCUT2D eigenvalue weighted by Crippen LogP contribution is -2.29. The summed E-state index contributed by atoms with van der Waals surface area (Å²) in [5.74, 6) is 0.120. The van der Waals surface area contributed by atoms with Crippen LogP contribution in [-0.4, -0.2) is 17.4 Å². The van der Waals surface area contributed by atoms with Crippen molar-refractivity contribution in [3.63, 3.8) is 0 Å². The van der Waals surface area contributed by atoms with Gasteiger partial charge in [-0.3, -0.25) is 4.79 Å². The Kier molecular flexibility index (Phi) is 2.09. The SMILES string of the molecule is CC(=O)N1[C]CCCC1. The molecule has 0 bridgehead atoms. The molecule has 0 unspecified atom stereocenters. The average Bonchev–Trinajstić information content (AvgIpc) is 1.90. The second-order valence-electron chi connectivity index (χ2n) is 2.29. The van der Waals surface area contributed by atoms with E-state index in [1.807, 2.05) is 0 Å². The van der Waals surface area contributed by atoms with Crippen LogP contribution in [-0.2, 0) is 4.79 Å². The van der Waals surface area contributed by atoms with Gasteiger partial charge in [0.1, 0.15) is 0 Å². The maximum atomic E-state index is 10.7. The number of amides is 1. The maximum absolute atomic E-state index is 10.7. The predicted molar refractivity (Wildman–Crippen MR) is 34.5 cm³/mol. The molecule has 0 aromatic heterocycles. The molecule has 0 aliphatic carbocycles. The molecule has 0 saturated carbocycles. The van der Waals surface area contributed by atoms with Crippen LogP contribution < -0.4 is 0 Å². The quantitative estimate of drug-likeness (QED) is 0.474. The number of likely N-dealkylation sites (tertiary alicyclic amines) is 1. The van der Waals surface area contributed by atoms with Gasteiger partial charge in [-0.15, -0.1) is 0 Å². The van der Waals surface area contributed by atoms with E-state index < -0.39 is 0 Å². The number of hydrogen-bond acceptors (Lipinski definition) is 1. The van der Waals surface area contributed by atoms with Crippen LogP contribution in [0.1, 0.15) is 26.2 Å². The predicted octanol–water partition coefficient (Wildman–Crippen LogP) is 1.06. The Bertz CT molecular complexity index is 105. The van der Waals surface area contributed by atoms with E-state index in [4.69, 9.17) is 0 Å². The van der Waals surface area contributed by atoms with E-state index in [0.29, 0.717) is 0 Å². The smallest absolute Gasteiger partial charge is 0.220 e. The lowest BCUT2D eigenvalue weighted by Gasteiger charge is -2.23. The van der Waals surface area contributed by atoms with Gasteiger partial charge in [0.15, 0.2) is 0 Å². The van der Waals surface area contributed by atoms with Crippen LogP contribution in [0.5, 0.6) is 0 Å². The summed E-state index contributed by atoms with van der Waals surface area (Å²) < 4.78 is 0. The van der Waals surface area contributed by atoms with Crippen LogP contribution in [0.3, 0.4) is 0 Å². The highest BCUT2D eigenvalue weighted by Gasteiger charge is 2.12. The maximum Gasteiger partial charge on any atom is 0.220 e. The van der Waals surface area contributed by atoms with Gasteiger partial charge in [-0.1, -0.05) is 0 Å². The molecule has 1 aliphatic heterocycles. The van der Waals surface area contributed by atoms with Crippen molar-refractivity contribution in [1.82, 2.24) is 4.90 Å². The summed E-state index contributed by atoms with van der Waals surface area (Å²) in [5, 5.41) is 0. The minimum Gasteiger partial charge on any atom is -0.332 e. The monoisotopic (exact) mass is 125 g/mol. The van der Waals surface area contributed by atoms with E-state index in [1.54, 1.807) is 11.8 Å². The lowest BCUT2D eigenvalue weighted by atomic mass is 10.1. The highest BCUT2D eigenvalue weighted by atomic mass is 16.2. The molecule has 2 radical (unpaired) electrons. The third kappa shape index (κ3) is 1.70. The summed E-state index contributed by atoms with van der Waals surface area (Å²) in [6.07, 6.45) is 3.26. The fourth-order valence-corrected chi connectivity index (χ4v) is 0.957. The molecule has 1 fully saturated rings. The average molecular weight is 125 g/mol. The van der Waals surface area contributed by atoms with Crippen molar-refractivity contribution in [3.8, 4) is 0 Å². The molecule has 50 valence electrons. The summed E-state index contributed by atoms with van der Waals surface area (Å²) in [5.41, 5.74) is 0. The normalized spacial score (nSPS) is 19.9. The number of nitrogens with zero attached hydrogens (tertiary/aromatic N) is 1. The highest BCUT2D eigenvalue weighted by Crippen LogP contribution is 2.11. The van der Waals surface area contributed by atoms with E-state index in [2.05, 4.69) is 6.54 Å². The molecule has 1 heterocycles. The van der Waals surface area contributed by atoms with Gasteiger partial charge in [-0.05, 0) is 19.3 Å². The lowest BCUT2D eigenvalue weighted by molar-refractivity contribution is -0.127. The number of carbonyl (C=O) groups is 1. The van der Waals surface area contributed by atoms with E-state index >= 15 is 0 Å². The van der Waals surface area contributed by atoms with Crippen LogP contribution in [0.15, 0.2) is 0 Å². The van der Waals surface area contributed by atoms with Gasteiger partial charge < -0.3 is 4.90 Å². The van der Waals surface area contributed by atoms with Gasteiger partial charge in [-0.2, -0.15) is 0 Å². The van der Waals surface area contributed by atoms with Crippen molar-refractivity contribution in [3.05, 3.63) is 6.54 Å². The molecular formula is C7H11NO. The Labute approximate surface area is 55.8 Å². The third-order valence-corrected chi connectivity index (χ3v) is 1.49. The van der Waals surface area contributed by atoms with Crippen LogP contribution in [0.2, 0.25) is 0 Å². The molecule has 0 atom stereocenters. The third-order valence-electron chi connectivity index (χ3n) is 1.49. The van der Waals surface area contributed by atoms with Crippen molar-refractivity contribution in [2.45, 2.75) is 26.2 Å². The van der Waals surface area contributed by atoms with E-state index in [0.717, 1.165) is 19.4 Å². The van der Waals surface area contributed by atoms with Crippen LogP contribution >= 0.6 is 0 Å². The van der Waals surface area contributed by atoms with Gasteiger partial charge in [0.05, 0.1) is 6.54 Å². The van der Waals surface area contributed by atoms with Crippen molar-refractivity contribution < 1.29 is 4.79 Å². The first-order valence-corrected chi connectivity index (χ1v) is 3.32. The van der Waals surface area contributed by atoms with Crippen molar-refractivity contribution >= 4 is 5.91 Å². The Morgan fingerprint density at radius 3 is 2.67 bits per heavy atom. The summed E-state index contributed by atoms with van der Waals surface area (Å²) >= 11 is 0. The van der Waals surface area contributed by atoms with Crippen molar-refractivity contribution in [2.24, 2.45) is 0 Å². The highest BCUT2D eigenvalue weighted by molar-refractivity contribution is 5.73. The van der Waals surface area contributed by atoms with Crippen LogP contribution in [0.25, 0.3) is 0 Å². The Hall–Kier alpha value is -0.530. The number of hydrogen-bond donors (Lipinski definition) is 0. The second-order valence-corrected chi connectivity index (χ2v) is 2.29. The van der Waals surface area contributed by atoms with Gasteiger partial charge in [-0.25, -0.2) is 0 Å². The molecule has 0 aromatic rings. The van der Waals surface area contributed by atoms with Gasteiger partial charge >= 0.3 is 0 Å². The molecule has 1 aliphatic rings. The molecule has 1 rings (SSSR count). The first-order chi connectivity index (χ1) is 4.30. The van der Waals surface area contributed by atoms with Gasteiger partial charge in [0.2, 0.25) is 5.91 Å². The Morgan fingerprint density at radius 2 is 2.33 bits per heavy atom. The van der Waals surface area contributed by atoms with Crippen molar-refractivity contribution in [2.75, 3.05) is 6.54 Å². The van der Waals surface area contributed by atoms with Crippen LogP contribution in [0, 0.1) is 6.54 Å². The first kappa shape index (κ1) is 6.59. The Balaban J connectivity index is 2.31. The second kappa shape index (κ2) is 2.85. The summed E-state index contributed by atoms with van der Waals surface area (Å²) in [7, 11) is 0. The van der Waals surface area contributed by atoms with Crippen molar-refractivity contribution in [1.29, 1.82) is 0 Å². The Morgan fingerprint density at radius 1 is 1.56 bits per heavy atom. The molecule has 2 heteroatoms. The first-order valence-electron chi connectivity index (χ1n) is 3.32. The zero-order chi connectivity index (χ0) is 6.69. The number of carbonyl (C=O) groups excluding carboxylic acids is 1. The molecular weight excluding hydrogens is 114 g/mol. The van der Waals surface area contributed by atoms with Gasteiger partial charge in [0, 0.05) is 13.5 Å². The molecule has 1 amide bonds. The largest absolute Gasteiger partial charge is 0.332 e. The zero-order valence-corrected chi connectivity index (χ0v) is 5.68. The van der Waals surface area contributed by atoms with E-state index in [-0.39, 0.29) is 5.91 Å². The molecule has 9 heavy (non-hydrogen) atoms. The summed E-state index contributed by atoms with van der Waals surface area (Å²) in [6, 6.07) is 0. The fourth-order valence-electron chi connectivity index (χ4n) is 0.957. The number of piperidine rings is 1. The minimum atomic E-state index is 0.120. The molecule has 0 spiro atoms. The minimum absolute atomic E-state index is 0.120. The zero-order valence-electron chi connectivity index (χ0n) is 5.68. The fraction of sp³-hybridized carbons (Fsp3) is 0.714. The molecule has 0 N–H and O–H groups in total. The van der Waals surface area contributed by atoms with Crippen LogP contribution in [0.4, 0.5) is 0 Å². The van der Waals surface area contributed by atoms with Gasteiger partial charge in [0.25, 0.3) is 0 Å².